The molecule has 0 fully saturated rings. The molecule has 1 aliphatic rings. The Morgan fingerprint density at radius 3 is 2.71 bits per heavy atom. The van der Waals surface area contributed by atoms with Gasteiger partial charge in [-0.2, -0.15) is 0 Å². The third-order valence-corrected chi connectivity index (χ3v) is 4.86. The summed E-state index contributed by atoms with van der Waals surface area (Å²) >= 11 is 12.2. The summed E-state index contributed by atoms with van der Waals surface area (Å²) in [6, 6.07) is 5.56. The molecule has 2 heterocycles. The third-order valence-electron chi connectivity index (χ3n) is 4.27. The van der Waals surface area contributed by atoms with Crippen LogP contribution in [0.1, 0.15) is 43.4 Å². The first-order valence-electron chi connectivity index (χ1n) is 8.03. The van der Waals surface area contributed by atoms with Crippen LogP contribution in [0.15, 0.2) is 23.0 Å². The van der Waals surface area contributed by atoms with E-state index in [0.29, 0.717) is 23.0 Å². The molecule has 0 amide bonds. The Labute approximate surface area is 151 Å². The molecule has 4 nitrogen and oxygen atoms in total. The van der Waals surface area contributed by atoms with Crippen molar-refractivity contribution in [2.75, 3.05) is 6.54 Å². The van der Waals surface area contributed by atoms with Crippen LogP contribution in [-0.2, 0) is 24.9 Å². The van der Waals surface area contributed by atoms with Gasteiger partial charge in [0.15, 0.2) is 0 Å². The molecule has 0 unspecified atom stereocenters. The van der Waals surface area contributed by atoms with Crippen molar-refractivity contribution in [2.45, 2.75) is 45.7 Å². The molecule has 1 aromatic carbocycles. The second-order valence-electron chi connectivity index (χ2n) is 7.29. The summed E-state index contributed by atoms with van der Waals surface area (Å²) in [6.45, 7) is 8.32. The van der Waals surface area contributed by atoms with E-state index in [2.05, 4.69) is 9.88 Å². The Balaban J connectivity index is 1.86. The maximum atomic E-state index is 12.3. The maximum Gasteiger partial charge on any atom is 0.254 e. The fraction of sp³-hybridized carbons (Fsp3) is 0.444. The van der Waals surface area contributed by atoms with Gasteiger partial charge in [0.2, 0.25) is 0 Å². The highest BCUT2D eigenvalue weighted by molar-refractivity contribution is 6.35. The number of aromatic amines is 1. The number of aromatic nitrogens is 2. The first-order chi connectivity index (χ1) is 11.2. The van der Waals surface area contributed by atoms with Crippen LogP contribution in [0.25, 0.3) is 0 Å². The summed E-state index contributed by atoms with van der Waals surface area (Å²) in [5.74, 6) is 0.734. The van der Waals surface area contributed by atoms with E-state index in [4.69, 9.17) is 28.2 Å². The fourth-order valence-corrected chi connectivity index (χ4v) is 3.34. The largest absolute Gasteiger partial charge is 0.310 e. The predicted molar refractivity (Wildman–Crippen MR) is 97.8 cm³/mol. The first-order valence-corrected chi connectivity index (χ1v) is 8.78. The van der Waals surface area contributed by atoms with Gasteiger partial charge < -0.3 is 4.98 Å². The topological polar surface area (TPSA) is 49.0 Å². The zero-order chi connectivity index (χ0) is 17.5. The average molecular weight is 366 g/mol. The van der Waals surface area contributed by atoms with Crippen molar-refractivity contribution in [3.8, 4) is 0 Å². The van der Waals surface area contributed by atoms with Crippen molar-refractivity contribution in [1.82, 2.24) is 14.9 Å². The minimum Gasteiger partial charge on any atom is -0.310 e. The van der Waals surface area contributed by atoms with Crippen LogP contribution in [0.2, 0.25) is 10.0 Å². The molecule has 0 atom stereocenters. The van der Waals surface area contributed by atoms with E-state index >= 15 is 0 Å². The highest BCUT2D eigenvalue weighted by atomic mass is 35.5. The minimum atomic E-state index is -0.185. The summed E-state index contributed by atoms with van der Waals surface area (Å²) in [5, 5.41) is 1.30. The summed E-state index contributed by atoms with van der Waals surface area (Å²) in [7, 11) is 0. The number of nitrogens with zero attached hydrogens (tertiary/aromatic N) is 2. The second-order valence-corrected chi connectivity index (χ2v) is 8.13. The highest BCUT2D eigenvalue weighted by Crippen LogP contribution is 2.25. The molecule has 1 N–H and O–H groups in total. The number of benzene rings is 1. The zero-order valence-electron chi connectivity index (χ0n) is 14.1. The number of nitrogens with one attached hydrogen (secondary N) is 1. The van der Waals surface area contributed by atoms with Crippen molar-refractivity contribution in [2.24, 2.45) is 0 Å². The Bertz CT molecular complexity index is 824. The normalized spacial score (nSPS) is 15.4. The maximum absolute atomic E-state index is 12.3. The van der Waals surface area contributed by atoms with E-state index in [1.165, 1.54) is 0 Å². The molecule has 1 aromatic heterocycles. The molecular weight excluding hydrogens is 345 g/mol. The van der Waals surface area contributed by atoms with Gasteiger partial charge in [0.05, 0.1) is 5.69 Å². The molecular formula is C18H21Cl2N3O. The van der Waals surface area contributed by atoms with Crippen LogP contribution in [0, 0.1) is 0 Å². The number of hydrogen-bond acceptors (Lipinski definition) is 3. The lowest BCUT2D eigenvalue weighted by atomic mass is 9.95. The SMILES string of the molecule is CC(C)(C)c1nc2c(c(=O)[nH]1)CCN(Cc1ccc(Cl)cc1Cl)C2. The van der Waals surface area contributed by atoms with Crippen LogP contribution < -0.4 is 5.56 Å². The van der Waals surface area contributed by atoms with Crippen molar-refractivity contribution in [3.05, 3.63) is 61.2 Å². The molecule has 2 aromatic rings. The summed E-state index contributed by atoms with van der Waals surface area (Å²) in [5.41, 5.74) is 2.52. The number of hydrogen-bond donors (Lipinski definition) is 1. The summed E-state index contributed by atoms with van der Waals surface area (Å²) in [4.78, 5) is 22.3. The van der Waals surface area contributed by atoms with Gasteiger partial charge in [-0.1, -0.05) is 50.0 Å². The number of H-pyrrole nitrogens is 1. The number of halogens is 2. The molecule has 1 aliphatic heterocycles. The highest BCUT2D eigenvalue weighted by Gasteiger charge is 2.25. The molecule has 0 saturated heterocycles. The van der Waals surface area contributed by atoms with E-state index in [1.54, 1.807) is 6.07 Å². The molecule has 24 heavy (non-hydrogen) atoms. The van der Waals surface area contributed by atoms with Gasteiger partial charge >= 0.3 is 0 Å². The Morgan fingerprint density at radius 2 is 2.04 bits per heavy atom. The number of fused-ring (bicyclic) bond motifs is 1. The van der Waals surface area contributed by atoms with Gasteiger partial charge in [-0.05, 0) is 24.1 Å². The molecule has 128 valence electrons. The van der Waals surface area contributed by atoms with Gasteiger partial charge in [0.25, 0.3) is 5.56 Å². The third kappa shape index (κ3) is 3.66. The molecule has 0 radical (unpaired) electrons. The Kier molecular flexibility index (Phi) is 4.73. The van der Waals surface area contributed by atoms with Gasteiger partial charge in [-0.25, -0.2) is 4.98 Å². The minimum absolute atomic E-state index is 0.00546. The van der Waals surface area contributed by atoms with Crippen LogP contribution in [0.3, 0.4) is 0 Å². The van der Waals surface area contributed by atoms with Crippen LogP contribution >= 0.6 is 23.2 Å². The lowest BCUT2D eigenvalue weighted by molar-refractivity contribution is 0.239. The standard InChI is InChI=1S/C18H21Cl2N3O/c1-18(2,3)17-21-15-10-23(7-6-13(15)16(24)22-17)9-11-4-5-12(19)8-14(11)20/h4-5,8H,6-7,9-10H2,1-3H3,(H,21,22,24). The Morgan fingerprint density at radius 1 is 1.29 bits per heavy atom. The van der Waals surface area contributed by atoms with Gasteiger partial charge in [0.1, 0.15) is 5.82 Å². The van der Waals surface area contributed by atoms with Gasteiger partial charge in [-0.15, -0.1) is 0 Å². The molecule has 3 rings (SSSR count). The summed E-state index contributed by atoms with van der Waals surface area (Å²) < 4.78 is 0. The molecule has 6 heteroatoms. The van der Waals surface area contributed by atoms with Crippen LogP contribution in [0.5, 0.6) is 0 Å². The van der Waals surface area contributed by atoms with E-state index in [1.807, 2.05) is 32.9 Å². The quantitative estimate of drug-likeness (QED) is 0.876. The van der Waals surface area contributed by atoms with E-state index < -0.39 is 0 Å². The lowest BCUT2D eigenvalue weighted by Gasteiger charge is -2.29. The number of rotatable bonds is 2. The van der Waals surface area contributed by atoms with Crippen LogP contribution in [0.4, 0.5) is 0 Å². The van der Waals surface area contributed by atoms with Crippen molar-refractivity contribution >= 4 is 23.2 Å². The van der Waals surface area contributed by atoms with Gasteiger partial charge in [-0.3, -0.25) is 9.69 Å². The van der Waals surface area contributed by atoms with E-state index in [9.17, 15) is 4.79 Å². The molecule has 0 saturated carbocycles. The Hall–Kier alpha value is -1.36. The molecule has 0 spiro atoms. The smallest absolute Gasteiger partial charge is 0.254 e. The molecule has 0 aliphatic carbocycles. The van der Waals surface area contributed by atoms with Crippen molar-refractivity contribution < 1.29 is 0 Å². The van der Waals surface area contributed by atoms with Crippen molar-refractivity contribution in [1.29, 1.82) is 0 Å². The summed E-state index contributed by atoms with van der Waals surface area (Å²) in [6.07, 6.45) is 0.702. The van der Waals surface area contributed by atoms with Crippen molar-refractivity contribution in [3.63, 3.8) is 0 Å². The first kappa shape index (κ1) is 17.5. The zero-order valence-corrected chi connectivity index (χ0v) is 15.6. The predicted octanol–water partition coefficient (Wildman–Crippen LogP) is 3.93. The average Bonchev–Trinajstić information content (AvgIpc) is 2.49. The second kappa shape index (κ2) is 6.51. The van der Waals surface area contributed by atoms with E-state index in [0.717, 1.165) is 35.7 Å². The van der Waals surface area contributed by atoms with Crippen LogP contribution in [-0.4, -0.2) is 21.4 Å². The van der Waals surface area contributed by atoms with E-state index in [-0.39, 0.29) is 11.0 Å². The van der Waals surface area contributed by atoms with Gasteiger partial charge in [0, 0.05) is 40.7 Å². The monoisotopic (exact) mass is 365 g/mol. The fourth-order valence-electron chi connectivity index (χ4n) is 2.87. The lowest BCUT2D eigenvalue weighted by Crippen LogP contribution is -2.36. The molecule has 0 bridgehead atoms.